The second-order valence-corrected chi connectivity index (χ2v) is 5.04. The first-order valence-electron chi connectivity index (χ1n) is 7.80. The standard InChI is InChI=1S/C17H21NO3.C2H4O2/c1-4-11-18(13-16(19)21-5-2)17(20)14(3)12-15-9-7-6-8-10-15;1-2(3)4/h4,6-10,12H,1,5,11,13H2,2-3H3;1H3,(H,3,4)/b14-12+;. The first-order chi connectivity index (χ1) is 11.8. The summed E-state index contributed by atoms with van der Waals surface area (Å²) in [6.45, 7) is 8.70. The number of aliphatic carboxylic acids is 1. The van der Waals surface area contributed by atoms with Gasteiger partial charge in [-0.1, -0.05) is 36.4 Å². The van der Waals surface area contributed by atoms with Gasteiger partial charge < -0.3 is 14.7 Å². The van der Waals surface area contributed by atoms with Crippen molar-refractivity contribution in [2.75, 3.05) is 19.7 Å². The molecule has 1 amide bonds. The highest BCUT2D eigenvalue weighted by Gasteiger charge is 2.18. The summed E-state index contributed by atoms with van der Waals surface area (Å²) in [5, 5.41) is 7.42. The predicted octanol–water partition coefficient (Wildman–Crippen LogP) is 2.76. The van der Waals surface area contributed by atoms with Crippen molar-refractivity contribution in [3.63, 3.8) is 0 Å². The van der Waals surface area contributed by atoms with Crippen LogP contribution in [0, 0.1) is 0 Å². The molecule has 0 saturated carbocycles. The van der Waals surface area contributed by atoms with Crippen molar-refractivity contribution in [2.24, 2.45) is 0 Å². The molecule has 6 nitrogen and oxygen atoms in total. The van der Waals surface area contributed by atoms with Gasteiger partial charge in [-0.3, -0.25) is 14.4 Å². The van der Waals surface area contributed by atoms with Gasteiger partial charge in [0.25, 0.3) is 5.97 Å². The number of amides is 1. The van der Waals surface area contributed by atoms with Crippen LogP contribution in [0.4, 0.5) is 0 Å². The maximum atomic E-state index is 12.4. The molecule has 6 heteroatoms. The van der Waals surface area contributed by atoms with Gasteiger partial charge >= 0.3 is 5.97 Å². The van der Waals surface area contributed by atoms with E-state index < -0.39 is 11.9 Å². The van der Waals surface area contributed by atoms with Crippen molar-refractivity contribution in [3.8, 4) is 0 Å². The van der Waals surface area contributed by atoms with E-state index in [1.165, 1.54) is 4.90 Å². The summed E-state index contributed by atoms with van der Waals surface area (Å²) in [5.41, 5.74) is 1.50. The molecule has 0 atom stereocenters. The van der Waals surface area contributed by atoms with E-state index in [1.807, 2.05) is 30.3 Å². The molecular formula is C19H25NO5. The van der Waals surface area contributed by atoms with Gasteiger partial charge in [-0.15, -0.1) is 6.58 Å². The number of esters is 1. The molecule has 0 fully saturated rings. The molecule has 1 N–H and O–H groups in total. The number of nitrogens with zero attached hydrogens (tertiary/aromatic N) is 1. The first kappa shape index (κ1) is 22.1. The van der Waals surface area contributed by atoms with Crippen molar-refractivity contribution in [2.45, 2.75) is 20.8 Å². The first-order valence-corrected chi connectivity index (χ1v) is 7.80. The molecule has 0 saturated heterocycles. The van der Waals surface area contributed by atoms with Gasteiger partial charge in [0.05, 0.1) is 6.61 Å². The Morgan fingerprint density at radius 2 is 1.76 bits per heavy atom. The van der Waals surface area contributed by atoms with Gasteiger partial charge in [-0.05, 0) is 25.5 Å². The number of rotatable bonds is 7. The number of hydrogen-bond donors (Lipinski definition) is 1. The number of carboxylic acids is 1. The van der Waals surface area contributed by atoms with Crippen molar-refractivity contribution < 1.29 is 24.2 Å². The molecule has 0 aliphatic heterocycles. The van der Waals surface area contributed by atoms with Gasteiger partial charge in [0.15, 0.2) is 0 Å². The predicted molar refractivity (Wildman–Crippen MR) is 96.8 cm³/mol. The topological polar surface area (TPSA) is 83.9 Å². The van der Waals surface area contributed by atoms with Crippen molar-refractivity contribution in [1.82, 2.24) is 4.90 Å². The van der Waals surface area contributed by atoms with Crippen molar-refractivity contribution in [3.05, 3.63) is 54.1 Å². The average Bonchev–Trinajstić information content (AvgIpc) is 2.54. The Balaban J connectivity index is 0.00000129. The summed E-state index contributed by atoms with van der Waals surface area (Å²) >= 11 is 0. The molecule has 0 aromatic heterocycles. The molecule has 0 spiro atoms. The molecule has 1 aromatic rings. The Morgan fingerprint density at radius 3 is 2.24 bits per heavy atom. The van der Waals surface area contributed by atoms with Gasteiger partial charge in [-0.25, -0.2) is 0 Å². The van der Waals surface area contributed by atoms with Crippen LogP contribution in [0.25, 0.3) is 6.08 Å². The monoisotopic (exact) mass is 347 g/mol. The number of carbonyl (C=O) groups excluding carboxylic acids is 2. The van der Waals surface area contributed by atoms with Gasteiger partial charge in [0, 0.05) is 19.0 Å². The average molecular weight is 347 g/mol. The summed E-state index contributed by atoms with van der Waals surface area (Å²) in [4.78, 5) is 34.3. The maximum Gasteiger partial charge on any atom is 0.325 e. The molecule has 0 heterocycles. The summed E-state index contributed by atoms with van der Waals surface area (Å²) in [5.74, 6) is -1.45. The zero-order valence-electron chi connectivity index (χ0n) is 14.9. The Hall–Kier alpha value is -2.89. The molecule has 1 aromatic carbocycles. The summed E-state index contributed by atoms with van der Waals surface area (Å²) < 4.78 is 4.88. The molecular weight excluding hydrogens is 322 g/mol. The van der Waals surface area contributed by atoms with Crippen LogP contribution in [-0.4, -0.2) is 47.5 Å². The minimum Gasteiger partial charge on any atom is -0.481 e. The van der Waals surface area contributed by atoms with Gasteiger partial charge in [0.2, 0.25) is 5.91 Å². The fourth-order valence-electron chi connectivity index (χ4n) is 1.85. The van der Waals surface area contributed by atoms with E-state index in [0.717, 1.165) is 12.5 Å². The van der Waals surface area contributed by atoms with E-state index in [1.54, 1.807) is 26.0 Å². The molecule has 0 aliphatic carbocycles. The second kappa shape index (κ2) is 12.5. The highest BCUT2D eigenvalue weighted by Crippen LogP contribution is 2.09. The van der Waals surface area contributed by atoms with Gasteiger partial charge in [-0.2, -0.15) is 0 Å². The molecule has 0 bridgehead atoms. The van der Waals surface area contributed by atoms with E-state index in [9.17, 15) is 9.59 Å². The SMILES string of the molecule is C=CCN(CC(=O)OCC)C(=O)/C(C)=C/c1ccccc1.CC(=O)O. The van der Waals surface area contributed by atoms with Crippen LogP contribution in [-0.2, 0) is 19.1 Å². The molecule has 0 radical (unpaired) electrons. The normalized spacial score (nSPS) is 10.1. The lowest BCUT2D eigenvalue weighted by molar-refractivity contribution is -0.147. The highest BCUT2D eigenvalue weighted by atomic mass is 16.5. The fourth-order valence-corrected chi connectivity index (χ4v) is 1.85. The zero-order valence-corrected chi connectivity index (χ0v) is 14.9. The lowest BCUT2D eigenvalue weighted by Gasteiger charge is -2.20. The summed E-state index contributed by atoms with van der Waals surface area (Å²) in [6.07, 6.45) is 3.39. The number of carboxylic acid groups (broad SMARTS) is 1. The highest BCUT2D eigenvalue weighted by molar-refractivity contribution is 5.98. The van der Waals surface area contributed by atoms with Crippen molar-refractivity contribution in [1.29, 1.82) is 0 Å². The Kier molecular flexibility index (Phi) is 11.1. The van der Waals surface area contributed by atoms with Crippen LogP contribution < -0.4 is 0 Å². The van der Waals surface area contributed by atoms with Crippen LogP contribution >= 0.6 is 0 Å². The summed E-state index contributed by atoms with van der Waals surface area (Å²) in [6, 6.07) is 9.56. The lowest BCUT2D eigenvalue weighted by atomic mass is 10.1. The van der Waals surface area contributed by atoms with Gasteiger partial charge in [0.1, 0.15) is 6.54 Å². The fraction of sp³-hybridized carbons (Fsp3) is 0.316. The van der Waals surface area contributed by atoms with Crippen LogP contribution in [0.5, 0.6) is 0 Å². The van der Waals surface area contributed by atoms with Crippen LogP contribution in [0.1, 0.15) is 26.3 Å². The van der Waals surface area contributed by atoms with Crippen molar-refractivity contribution >= 4 is 23.9 Å². The van der Waals surface area contributed by atoms with Crippen LogP contribution in [0.3, 0.4) is 0 Å². The van der Waals surface area contributed by atoms with Crippen LogP contribution in [0.2, 0.25) is 0 Å². The zero-order chi connectivity index (χ0) is 19.2. The minimum absolute atomic E-state index is 0.0708. The molecule has 136 valence electrons. The Labute approximate surface area is 148 Å². The van der Waals surface area contributed by atoms with E-state index >= 15 is 0 Å². The third-order valence-corrected chi connectivity index (χ3v) is 2.78. The smallest absolute Gasteiger partial charge is 0.325 e. The molecule has 1 rings (SSSR count). The second-order valence-electron chi connectivity index (χ2n) is 5.04. The Bertz CT molecular complexity index is 604. The number of hydrogen-bond acceptors (Lipinski definition) is 4. The molecule has 0 aliphatic rings. The summed E-state index contributed by atoms with van der Waals surface area (Å²) in [7, 11) is 0. The van der Waals surface area contributed by atoms with E-state index in [2.05, 4.69) is 6.58 Å². The third kappa shape index (κ3) is 10.5. The number of ether oxygens (including phenoxy) is 1. The largest absolute Gasteiger partial charge is 0.481 e. The van der Waals surface area contributed by atoms with Crippen LogP contribution in [0.15, 0.2) is 48.6 Å². The molecule has 25 heavy (non-hydrogen) atoms. The lowest BCUT2D eigenvalue weighted by Crippen LogP contribution is -2.37. The quantitative estimate of drug-likeness (QED) is 0.466. The number of benzene rings is 1. The number of carbonyl (C=O) groups is 3. The molecule has 0 unspecified atom stereocenters. The van der Waals surface area contributed by atoms with E-state index in [0.29, 0.717) is 18.7 Å². The Morgan fingerprint density at radius 1 is 1.20 bits per heavy atom. The maximum absolute atomic E-state index is 12.4. The third-order valence-electron chi connectivity index (χ3n) is 2.78. The van der Waals surface area contributed by atoms with E-state index in [4.69, 9.17) is 14.6 Å². The van der Waals surface area contributed by atoms with E-state index in [-0.39, 0.29) is 12.5 Å². The minimum atomic E-state index is -0.833.